The molecule has 1 N–H and O–H groups in total. The second-order valence-electron chi connectivity index (χ2n) is 5.95. The van der Waals surface area contributed by atoms with Gasteiger partial charge in [0.15, 0.2) is 0 Å². The minimum absolute atomic E-state index is 0.613. The van der Waals surface area contributed by atoms with Crippen LogP contribution in [0.2, 0.25) is 0 Å². The maximum atomic E-state index is 5.46. The number of nitrogens with zero attached hydrogens (tertiary/aromatic N) is 1. The van der Waals surface area contributed by atoms with Gasteiger partial charge in [-0.05, 0) is 50.9 Å². The van der Waals surface area contributed by atoms with E-state index in [0.717, 1.165) is 24.9 Å². The summed E-state index contributed by atoms with van der Waals surface area (Å²) in [5, 5.41) is 3.48. The molecule has 1 aromatic heterocycles. The summed E-state index contributed by atoms with van der Waals surface area (Å²) in [6.07, 6.45) is 8.43. The molecule has 1 aliphatic carbocycles. The van der Waals surface area contributed by atoms with Crippen LogP contribution in [0.1, 0.15) is 51.7 Å². The molecule has 0 amide bonds. The molecule has 1 aliphatic rings. The van der Waals surface area contributed by atoms with Gasteiger partial charge in [0.2, 0.25) is 0 Å². The van der Waals surface area contributed by atoms with Gasteiger partial charge in [-0.2, -0.15) is 0 Å². The first-order valence-electron chi connectivity index (χ1n) is 7.75. The van der Waals surface area contributed by atoms with Crippen molar-refractivity contribution in [2.75, 3.05) is 13.1 Å². The van der Waals surface area contributed by atoms with Gasteiger partial charge in [0, 0.05) is 12.1 Å². The predicted molar refractivity (Wildman–Crippen MR) is 79.1 cm³/mol. The molecule has 0 unspecified atom stereocenters. The van der Waals surface area contributed by atoms with E-state index in [0.29, 0.717) is 6.04 Å². The Morgan fingerprint density at radius 3 is 2.79 bits per heavy atom. The zero-order valence-electron chi connectivity index (χ0n) is 12.4. The highest BCUT2D eigenvalue weighted by Crippen LogP contribution is 2.28. The maximum Gasteiger partial charge on any atom is 0.117 e. The van der Waals surface area contributed by atoms with Crippen LogP contribution in [0.25, 0.3) is 0 Å². The van der Waals surface area contributed by atoms with Gasteiger partial charge in [0.05, 0.1) is 12.8 Å². The fourth-order valence-corrected chi connectivity index (χ4v) is 2.44. The Kier molecular flexibility index (Phi) is 5.93. The highest BCUT2D eigenvalue weighted by molar-refractivity contribution is 4.99. The lowest BCUT2D eigenvalue weighted by Crippen LogP contribution is -2.27. The quantitative estimate of drug-likeness (QED) is 0.656. The lowest BCUT2D eigenvalue weighted by atomic mass is 10.2. The number of hydrogen-bond donors (Lipinski definition) is 1. The van der Waals surface area contributed by atoms with Gasteiger partial charge in [-0.3, -0.25) is 4.90 Å². The molecule has 2 rings (SSSR count). The maximum absolute atomic E-state index is 5.46. The average molecular weight is 264 g/mol. The largest absolute Gasteiger partial charge is 0.468 e. The van der Waals surface area contributed by atoms with Crippen molar-refractivity contribution in [1.82, 2.24) is 10.2 Å². The summed E-state index contributed by atoms with van der Waals surface area (Å²) in [4.78, 5) is 2.59. The summed E-state index contributed by atoms with van der Waals surface area (Å²) >= 11 is 0. The van der Waals surface area contributed by atoms with Crippen LogP contribution in [0.15, 0.2) is 22.8 Å². The molecule has 1 aromatic rings. The van der Waals surface area contributed by atoms with Crippen LogP contribution >= 0.6 is 0 Å². The molecule has 0 bridgehead atoms. The van der Waals surface area contributed by atoms with E-state index in [9.17, 15) is 0 Å². The van der Waals surface area contributed by atoms with Gasteiger partial charge in [-0.15, -0.1) is 0 Å². The van der Waals surface area contributed by atoms with Crippen molar-refractivity contribution in [3.8, 4) is 0 Å². The number of hydrogen-bond acceptors (Lipinski definition) is 3. The Morgan fingerprint density at radius 1 is 1.32 bits per heavy atom. The first-order chi connectivity index (χ1) is 9.25. The van der Waals surface area contributed by atoms with Crippen LogP contribution in [0.4, 0.5) is 0 Å². The first-order valence-corrected chi connectivity index (χ1v) is 7.75. The van der Waals surface area contributed by atoms with Crippen LogP contribution in [-0.4, -0.2) is 30.1 Å². The molecule has 0 aliphatic heterocycles. The Bertz CT molecular complexity index is 331. The number of unbranched alkanes of at least 4 members (excludes halogenated alkanes) is 2. The van der Waals surface area contributed by atoms with Crippen LogP contribution in [0.3, 0.4) is 0 Å². The minimum atomic E-state index is 0.613. The fourth-order valence-electron chi connectivity index (χ4n) is 2.44. The molecular weight excluding hydrogens is 236 g/mol. The molecule has 0 radical (unpaired) electrons. The Morgan fingerprint density at radius 2 is 2.16 bits per heavy atom. The zero-order chi connectivity index (χ0) is 13.5. The molecule has 3 heteroatoms. The van der Waals surface area contributed by atoms with Crippen molar-refractivity contribution in [3.05, 3.63) is 24.2 Å². The molecule has 1 fully saturated rings. The molecule has 1 heterocycles. The van der Waals surface area contributed by atoms with Crippen molar-refractivity contribution < 1.29 is 4.42 Å². The first kappa shape index (κ1) is 14.6. The topological polar surface area (TPSA) is 28.4 Å². The second-order valence-corrected chi connectivity index (χ2v) is 5.95. The summed E-state index contributed by atoms with van der Waals surface area (Å²) < 4.78 is 5.46. The van der Waals surface area contributed by atoms with Crippen molar-refractivity contribution >= 4 is 0 Å². The standard InChI is InChI=1S/C16H28N2O/c1-14(2)17-10-4-3-5-11-18(15-8-9-15)13-16-7-6-12-19-16/h6-7,12,14-15,17H,3-5,8-11,13H2,1-2H3. The highest BCUT2D eigenvalue weighted by atomic mass is 16.3. The number of nitrogens with one attached hydrogen (secondary N) is 1. The fraction of sp³-hybridized carbons (Fsp3) is 0.750. The van der Waals surface area contributed by atoms with Gasteiger partial charge >= 0.3 is 0 Å². The molecule has 108 valence electrons. The van der Waals surface area contributed by atoms with E-state index >= 15 is 0 Å². The lowest BCUT2D eigenvalue weighted by molar-refractivity contribution is 0.228. The highest BCUT2D eigenvalue weighted by Gasteiger charge is 2.28. The summed E-state index contributed by atoms with van der Waals surface area (Å²) in [5.41, 5.74) is 0. The molecule has 0 atom stereocenters. The monoisotopic (exact) mass is 264 g/mol. The Labute approximate surface area is 117 Å². The van der Waals surface area contributed by atoms with Crippen molar-refractivity contribution in [3.63, 3.8) is 0 Å². The van der Waals surface area contributed by atoms with Gasteiger partial charge in [0.25, 0.3) is 0 Å². The molecule has 0 aromatic carbocycles. The molecule has 3 nitrogen and oxygen atoms in total. The van der Waals surface area contributed by atoms with Crippen LogP contribution in [0.5, 0.6) is 0 Å². The van der Waals surface area contributed by atoms with E-state index in [1.807, 2.05) is 6.07 Å². The third kappa shape index (κ3) is 5.79. The van der Waals surface area contributed by atoms with E-state index < -0.39 is 0 Å². The number of furan rings is 1. The van der Waals surface area contributed by atoms with Crippen molar-refractivity contribution in [1.29, 1.82) is 0 Å². The van der Waals surface area contributed by atoms with Crippen molar-refractivity contribution in [2.45, 2.75) is 64.6 Å². The van der Waals surface area contributed by atoms with Crippen LogP contribution in [0, 0.1) is 0 Å². The molecular formula is C16H28N2O. The van der Waals surface area contributed by atoms with Crippen LogP contribution < -0.4 is 5.32 Å². The van der Waals surface area contributed by atoms with E-state index in [-0.39, 0.29) is 0 Å². The smallest absolute Gasteiger partial charge is 0.117 e. The van der Waals surface area contributed by atoms with Gasteiger partial charge in [-0.1, -0.05) is 20.3 Å². The Balaban J connectivity index is 1.59. The van der Waals surface area contributed by atoms with E-state index in [1.54, 1.807) is 6.26 Å². The summed E-state index contributed by atoms with van der Waals surface area (Å²) in [6.45, 7) is 7.77. The van der Waals surface area contributed by atoms with Gasteiger partial charge in [-0.25, -0.2) is 0 Å². The molecule has 0 spiro atoms. The summed E-state index contributed by atoms with van der Waals surface area (Å²) in [7, 11) is 0. The predicted octanol–water partition coefficient (Wildman–Crippen LogP) is 3.41. The van der Waals surface area contributed by atoms with Gasteiger partial charge < -0.3 is 9.73 Å². The molecule has 19 heavy (non-hydrogen) atoms. The van der Waals surface area contributed by atoms with E-state index in [1.165, 1.54) is 38.6 Å². The second kappa shape index (κ2) is 7.71. The SMILES string of the molecule is CC(C)NCCCCCN(Cc1ccco1)C1CC1. The normalized spacial score (nSPS) is 15.6. The van der Waals surface area contributed by atoms with Crippen molar-refractivity contribution in [2.24, 2.45) is 0 Å². The lowest BCUT2D eigenvalue weighted by Gasteiger charge is -2.20. The number of rotatable bonds is 10. The zero-order valence-corrected chi connectivity index (χ0v) is 12.4. The third-order valence-corrected chi connectivity index (χ3v) is 3.68. The van der Waals surface area contributed by atoms with E-state index in [2.05, 4.69) is 30.1 Å². The molecule has 0 saturated heterocycles. The summed E-state index contributed by atoms with van der Waals surface area (Å²) in [5.74, 6) is 1.10. The average Bonchev–Trinajstić information content (AvgIpc) is 3.10. The molecule has 1 saturated carbocycles. The van der Waals surface area contributed by atoms with Gasteiger partial charge in [0.1, 0.15) is 5.76 Å². The minimum Gasteiger partial charge on any atom is -0.468 e. The van der Waals surface area contributed by atoms with E-state index in [4.69, 9.17) is 4.42 Å². The Hall–Kier alpha value is -0.800. The third-order valence-electron chi connectivity index (χ3n) is 3.68. The van der Waals surface area contributed by atoms with Crippen LogP contribution in [-0.2, 0) is 6.54 Å². The summed E-state index contributed by atoms with van der Waals surface area (Å²) in [6, 6.07) is 5.50.